The average Bonchev–Trinajstić information content (AvgIpc) is 2.41. The molecule has 19 heavy (non-hydrogen) atoms. The topological polar surface area (TPSA) is 64.9 Å². The molecule has 102 valence electrons. The van der Waals surface area contributed by atoms with Crippen molar-refractivity contribution in [3.05, 3.63) is 29.6 Å². The van der Waals surface area contributed by atoms with E-state index in [9.17, 15) is 9.18 Å². The van der Waals surface area contributed by atoms with E-state index in [1.54, 1.807) is 12.1 Å². The number of benzene rings is 1. The lowest BCUT2D eigenvalue weighted by Gasteiger charge is -2.09. The van der Waals surface area contributed by atoms with Crippen LogP contribution in [0.4, 0.5) is 10.1 Å². The van der Waals surface area contributed by atoms with E-state index in [1.165, 1.54) is 6.07 Å². The lowest BCUT2D eigenvalue weighted by atomic mass is 10.2. The molecule has 0 radical (unpaired) electrons. The molecule has 1 aromatic carbocycles. The van der Waals surface area contributed by atoms with Gasteiger partial charge >= 0.3 is 0 Å². The van der Waals surface area contributed by atoms with Gasteiger partial charge in [-0.2, -0.15) is 5.26 Å². The second-order valence-electron chi connectivity index (χ2n) is 4.15. The molecule has 0 aliphatic rings. The SMILES string of the molecule is CCCCC(=O)NCCNc1cccc(F)c1C#N. The van der Waals surface area contributed by atoms with Gasteiger partial charge in [0.05, 0.1) is 5.69 Å². The predicted molar refractivity (Wildman–Crippen MR) is 72.1 cm³/mol. The van der Waals surface area contributed by atoms with Crippen LogP contribution in [0.3, 0.4) is 0 Å². The third-order valence-electron chi connectivity index (χ3n) is 2.65. The van der Waals surface area contributed by atoms with Crippen molar-refractivity contribution in [1.29, 1.82) is 5.26 Å². The molecule has 0 atom stereocenters. The maximum Gasteiger partial charge on any atom is 0.220 e. The van der Waals surface area contributed by atoms with Crippen molar-refractivity contribution in [3.63, 3.8) is 0 Å². The van der Waals surface area contributed by atoms with Gasteiger partial charge in [0, 0.05) is 19.5 Å². The molecule has 0 heterocycles. The van der Waals surface area contributed by atoms with E-state index in [0.29, 0.717) is 25.2 Å². The number of unbranched alkanes of at least 4 members (excludes halogenated alkanes) is 1. The summed E-state index contributed by atoms with van der Waals surface area (Å²) in [5.74, 6) is -0.525. The van der Waals surface area contributed by atoms with Crippen molar-refractivity contribution >= 4 is 11.6 Å². The van der Waals surface area contributed by atoms with Gasteiger partial charge in [-0.3, -0.25) is 4.79 Å². The second-order valence-corrected chi connectivity index (χ2v) is 4.15. The molecule has 1 amide bonds. The number of hydrogen-bond acceptors (Lipinski definition) is 3. The van der Waals surface area contributed by atoms with Crippen LogP contribution in [0.15, 0.2) is 18.2 Å². The molecule has 2 N–H and O–H groups in total. The standard InChI is InChI=1S/C14H18FN3O/c1-2-3-7-14(19)18-9-8-17-13-6-4-5-12(15)11(13)10-16/h4-6,17H,2-3,7-9H2,1H3,(H,18,19). The van der Waals surface area contributed by atoms with Crippen molar-refractivity contribution in [3.8, 4) is 6.07 Å². The van der Waals surface area contributed by atoms with Crippen molar-refractivity contribution in [2.24, 2.45) is 0 Å². The summed E-state index contributed by atoms with van der Waals surface area (Å²) in [4.78, 5) is 11.3. The van der Waals surface area contributed by atoms with E-state index >= 15 is 0 Å². The van der Waals surface area contributed by atoms with Crippen LogP contribution in [-0.4, -0.2) is 19.0 Å². The van der Waals surface area contributed by atoms with E-state index in [-0.39, 0.29) is 11.5 Å². The third kappa shape index (κ3) is 4.96. The molecule has 5 heteroatoms. The van der Waals surface area contributed by atoms with E-state index in [1.807, 2.05) is 13.0 Å². The first kappa shape index (κ1) is 15.0. The number of nitrogens with one attached hydrogen (secondary N) is 2. The van der Waals surface area contributed by atoms with Gasteiger partial charge in [-0.15, -0.1) is 0 Å². The summed E-state index contributed by atoms with van der Waals surface area (Å²) >= 11 is 0. The van der Waals surface area contributed by atoms with Crippen molar-refractivity contribution < 1.29 is 9.18 Å². The van der Waals surface area contributed by atoms with E-state index in [0.717, 1.165) is 12.8 Å². The van der Waals surface area contributed by atoms with Crippen molar-refractivity contribution in [2.45, 2.75) is 26.2 Å². The molecule has 0 unspecified atom stereocenters. The normalized spacial score (nSPS) is 9.74. The number of carbonyl (C=O) groups is 1. The molecular formula is C14H18FN3O. The lowest BCUT2D eigenvalue weighted by Crippen LogP contribution is -2.28. The number of hydrogen-bond donors (Lipinski definition) is 2. The van der Waals surface area contributed by atoms with E-state index in [2.05, 4.69) is 10.6 Å². The molecular weight excluding hydrogens is 245 g/mol. The number of carbonyl (C=O) groups excluding carboxylic acids is 1. The minimum atomic E-state index is -0.542. The zero-order chi connectivity index (χ0) is 14.1. The number of nitrogens with zero attached hydrogens (tertiary/aromatic N) is 1. The molecule has 0 aliphatic carbocycles. The summed E-state index contributed by atoms with van der Waals surface area (Å²) in [6.45, 7) is 2.93. The van der Waals surface area contributed by atoms with E-state index in [4.69, 9.17) is 5.26 Å². The van der Waals surface area contributed by atoms with Gasteiger partial charge in [0.25, 0.3) is 0 Å². The average molecular weight is 263 g/mol. The molecule has 0 aliphatic heterocycles. The highest BCUT2D eigenvalue weighted by molar-refractivity contribution is 5.75. The zero-order valence-electron chi connectivity index (χ0n) is 11.0. The predicted octanol–water partition coefficient (Wildman–Crippen LogP) is 2.42. The quantitative estimate of drug-likeness (QED) is 0.742. The Bertz CT molecular complexity index is 468. The fourth-order valence-electron chi connectivity index (χ4n) is 1.61. The van der Waals surface area contributed by atoms with Gasteiger partial charge in [-0.05, 0) is 18.6 Å². The van der Waals surface area contributed by atoms with Gasteiger partial charge in [-0.1, -0.05) is 19.4 Å². The summed E-state index contributed by atoms with van der Waals surface area (Å²) in [6, 6.07) is 6.24. The summed E-state index contributed by atoms with van der Waals surface area (Å²) in [7, 11) is 0. The molecule has 0 fully saturated rings. The summed E-state index contributed by atoms with van der Waals surface area (Å²) in [5.41, 5.74) is 0.449. The Balaban J connectivity index is 2.36. The monoisotopic (exact) mass is 263 g/mol. The maximum atomic E-state index is 13.3. The minimum absolute atomic E-state index is 0.000176. The molecule has 0 bridgehead atoms. The summed E-state index contributed by atoms with van der Waals surface area (Å²) in [6.07, 6.45) is 2.39. The molecule has 4 nitrogen and oxygen atoms in total. The van der Waals surface area contributed by atoms with Crippen LogP contribution in [0.25, 0.3) is 0 Å². The van der Waals surface area contributed by atoms with Crippen molar-refractivity contribution in [2.75, 3.05) is 18.4 Å². The number of amides is 1. The van der Waals surface area contributed by atoms with Gasteiger partial charge in [0.1, 0.15) is 17.4 Å². The Morgan fingerprint density at radius 3 is 2.89 bits per heavy atom. The van der Waals surface area contributed by atoms with Crippen LogP contribution in [0.2, 0.25) is 0 Å². The Labute approximate surface area is 112 Å². The number of halogens is 1. The summed E-state index contributed by atoms with van der Waals surface area (Å²) < 4.78 is 13.3. The van der Waals surface area contributed by atoms with Crippen LogP contribution in [0.1, 0.15) is 31.7 Å². The number of rotatable bonds is 7. The van der Waals surface area contributed by atoms with Gasteiger partial charge < -0.3 is 10.6 Å². The van der Waals surface area contributed by atoms with Crippen LogP contribution in [-0.2, 0) is 4.79 Å². The van der Waals surface area contributed by atoms with Crippen molar-refractivity contribution in [1.82, 2.24) is 5.32 Å². The highest BCUT2D eigenvalue weighted by Gasteiger charge is 2.06. The number of nitriles is 1. The fraction of sp³-hybridized carbons (Fsp3) is 0.429. The van der Waals surface area contributed by atoms with Crippen LogP contribution >= 0.6 is 0 Å². The molecule has 0 spiro atoms. The first-order valence-electron chi connectivity index (χ1n) is 6.38. The minimum Gasteiger partial charge on any atom is -0.382 e. The Morgan fingerprint density at radius 1 is 1.42 bits per heavy atom. The second kappa shape index (κ2) is 8.09. The Hall–Kier alpha value is -2.09. The molecule has 1 rings (SSSR count). The highest BCUT2D eigenvalue weighted by Crippen LogP contribution is 2.17. The Morgan fingerprint density at radius 2 is 2.21 bits per heavy atom. The van der Waals surface area contributed by atoms with Crippen LogP contribution < -0.4 is 10.6 Å². The van der Waals surface area contributed by atoms with Crippen LogP contribution in [0.5, 0.6) is 0 Å². The smallest absolute Gasteiger partial charge is 0.220 e. The van der Waals surface area contributed by atoms with Gasteiger partial charge in [-0.25, -0.2) is 4.39 Å². The first-order chi connectivity index (χ1) is 9.19. The van der Waals surface area contributed by atoms with Gasteiger partial charge in [0.15, 0.2) is 0 Å². The maximum absolute atomic E-state index is 13.3. The van der Waals surface area contributed by atoms with Gasteiger partial charge in [0.2, 0.25) is 5.91 Å². The molecule has 0 saturated carbocycles. The zero-order valence-corrected chi connectivity index (χ0v) is 11.0. The fourth-order valence-corrected chi connectivity index (χ4v) is 1.61. The van der Waals surface area contributed by atoms with Crippen LogP contribution in [0, 0.1) is 17.1 Å². The lowest BCUT2D eigenvalue weighted by molar-refractivity contribution is -0.121. The molecule has 0 aromatic heterocycles. The molecule has 0 saturated heterocycles. The summed E-state index contributed by atoms with van der Waals surface area (Å²) in [5, 5.41) is 14.5. The number of anilines is 1. The Kier molecular flexibility index (Phi) is 6.37. The molecule has 1 aromatic rings. The third-order valence-corrected chi connectivity index (χ3v) is 2.65. The van der Waals surface area contributed by atoms with E-state index < -0.39 is 5.82 Å². The largest absolute Gasteiger partial charge is 0.382 e. The first-order valence-corrected chi connectivity index (χ1v) is 6.38. The highest BCUT2D eigenvalue weighted by atomic mass is 19.1.